The van der Waals surface area contributed by atoms with Gasteiger partial charge in [0.2, 0.25) is 5.91 Å². The van der Waals surface area contributed by atoms with E-state index in [0.717, 1.165) is 5.56 Å². The average molecular weight is 272 g/mol. The van der Waals surface area contributed by atoms with Crippen LogP contribution in [0, 0.1) is 0 Å². The van der Waals surface area contributed by atoms with Gasteiger partial charge in [0.05, 0.1) is 19.6 Å². The fourth-order valence-corrected chi connectivity index (χ4v) is 1.80. The SMILES string of the molecule is COCCN(CCO)C(=O)Cc1ccccc1Cl. The second kappa shape index (κ2) is 8.08. The van der Waals surface area contributed by atoms with Crippen LogP contribution in [0.3, 0.4) is 0 Å². The lowest BCUT2D eigenvalue weighted by Gasteiger charge is -2.21. The number of ether oxygens (including phenoxy) is 1. The van der Waals surface area contributed by atoms with Crippen LogP contribution in [0.25, 0.3) is 0 Å². The first-order valence-electron chi connectivity index (χ1n) is 5.80. The number of nitrogens with zero attached hydrogens (tertiary/aromatic N) is 1. The van der Waals surface area contributed by atoms with E-state index < -0.39 is 0 Å². The smallest absolute Gasteiger partial charge is 0.227 e. The van der Waals surface area contributed by atoms with Crippen LogP contribution in [-0.2, 0) is 16.0 Å². The summed E-state index contributed by atoms with van der Waals surface area (Å²) in [5.41, 5.74) is 0.796. The summed E-state index contributed by atoms with van der Waals surface area (Å²) in [7, 11) is 1.58. The van der Waals surface area contributed by atoms with E-state index in [4.69, 9.17) is 21.4 Å². The van der Waals surface area contributed by atoms with Crippen LogP contribution in [0.15, 0.2) is 24.3 Å². The van der Waals surface area contributed by atoms with Crippen LogP contribution < -0.4 is 0 Å². The number of hydrogen-bond donors (Lipinski definition) is 1. The van der Waals surface area contributed by atoms with Crippen molar-refractivity contribution in [3.8, 4) is 0 Å². The zero-order valence-corrected chi connectivity index (χ0v) is 11.2. The summed E-state index contributed by atoms with van der Waals surface area (Å²) >= 11 is 6.01. The molecule has 4 nitrogen and oxygen atoms in total. The molecule has 0 aliphatic heterocycles. The lowest BCUT2D eigenvalue weighted by atomic mass is 10.1. The number of aliphatic hydroxyl groups excluding tert-OH is 1. The van der Waals surface area contributed by atoms with E-state index in [1.165, 1.54) is 0 Å². The summed E-state index contributed by atoms with van der Waals surface area (Å²) < 4.78 is 4.94. The molecule has 0 bridgehead atoms. The molecule has 0 saturated heterocycles. The van der Waals surface area contributed by atoms with E-state index in [0.29, 0.717) is 24.7 Å². The fraction of sp³-hybridized carbons (Fsp3) is 0.462. The average Bonchev–Trinajstić information content (AvgIpc) is 2.37. The zero-order valence-electron chi connectivity index (χ0n) is 10.4. The van der Waals surface area contributed by atoms with E-state index in [-0.39, 0.29) is 18.9 Å². The Morgan fingerprint density at radius 3 is 2.72 bits per heavy atom. The third-order valence-corrected chi connectivity index (χ3v) is 2.96. The molecule has 0 aliphatic carbocycles. The maximum atomic E-state index is 12.1. The van der Waals surface area contributed by atoms with Crippen molar-refractivity contribution in [3.05, 3.63) is 34.9 Å². The Bertz CT molecular complexity index is 384. The van der Waals surface area contributed by atoms with Gasteiger partial charge in [0.25, 0.3) is 0 Å². The summed E-state index contributed by atoms with van der Waals surface area (Å²) in [6, 6.07) is 7.26. The number of aliphatic hydroxyl groups is 1. The summed E-state index contributed by atoms with van der Waals surface area (Å²) in [4.78, 5) is 13.6. The van der Waals surface area contributed by atoms with Gasteiger partial charge in [-0.3, -0.25) is 4.79 Å². The number of amides is 1. The molecule has 0 heterocycles. The predicted octanol–water partition coefficient (Wildman–Crippen LogP) is 1.35. The van der Waals surface area contributed by atoms with Crippen molar-refractivity contribution in [2.24, 2.45) is 0 Å². The molecule has 100 valence electrons. The minimum absolute atomic E-state index is 0.0576. The van der Waals surface area contributed by atoms with Crippen LogP contribution in [0.5, 0.6) is 0 Å². The Morgan fingerprint density at radius 1 is 1.39 bits per heavy atom. The standard InChI is InChI=1S/C13H18ClNO3/c1-18-9-7-15(6-8-16)13(17)10-11-4-2-3-5-12(11)14/h2-5,16H,6-10H2,1H3. The van der Waals surface area contributed by atoms with Gasteiger partial charge in [-0.05, 0) is 11.6 Å². The van der Waals surface area contributed by atoms with Gasteiger partial charge < -0.3 is 14.7 Å². The van der Waals surface area contributed by atoms with Gasteiger partial charge in [-0.15, -0.1) is 0 Å². The minimum Gasteiger partial charge on any atom is -0.395 e. The molecule has 0 aromatic heterocycles. The zero-order chi connectivity index (χ0) is 13.4. The first-order valence-corrected chi connectivity index (χ1v) is 6.17. The molecule has 0 unspecified atom stereocenters. The van der Waals surface area contributed by atoms with Crippen molar-refractivity contribution in [3.63, 3.8) is 0 Å². The lowest BCUT2D eigenvalue weighted by Crippen LogP contribution is -2.37. The van der Waals surface area contributed by atoms with Crippen molar-refractivity contribution in [1.82, 2.24) is 4.90 Å². The molecule has 5 heteroatoms. The first kappa shape index (κ1) is 15.0. The Hall–Kier alpha value is -1.10. The summed E-state index contributed by atoms with van der Waals surface area (Å²) in [6.45, 7) is 1.18. The molecule has 1 aromatic carbocycles. The summed E-state index contributed by atoms with van der Waals surface area (Å²) in [6.07, 6.45) is 0.239. The Balaban J connectivity index is 2.63. The van der Waals surface area contributed by atoms with Gasteiger partial charge >= 0.3 is 0 Å². The van der Waals surface area contributed by atoms with Crippen LogP contribution in [-0.4, -0.2) is 49.3 Å². The van der Waals surface area contributed by atoms with Gasteiger partial charge in [0.1, 0.15) is 0 Å². The number of benzene rings is 1. The van der Waals surface area contributed by atoms with Crippen molar-refractivity contribution in [1.29, 1.82) is 0 Å². The molecular weight excluding hydrogens is 254 g/mol. The Labute approximate surface area is 112 Å². The lowest BCUT2D eigenvalue weighted by molar-refractivity contribution is -0.131. The molecule has 0 spiro atoms. The molecule has 1 aromatic rings. The quantitative estimate of drug-likeness (QED) is 0.814. The normalized spacial score (nSPS) is 10.4. The summed E-state index contributed by atoms with van der Waals surface area (Å²) in [5, 5.41) is 9.53. The molecule has 0 fully saturated rings. The van der Waals surface area contributed by atoms with Crippen molar-refractivity contribution < 1.29 is 14.6 Å². The predicted molar refractivity (Wildman–Crippen MR) is 70.7 cm³/mol. The molecular formula is C13H18ClNO3. The van der Waals surface area contributed by atoms with Crippen molar-refractivity contribution in [2.45, 2.75) is 6.42 Å². The first-order chi connectivity index (χ1) is 8.69. The number of hydrogen-bond acceptors (Lipinski definition) is 3. The maximum Gasteiger partial charge on any atom is 0.227 e. The van der Waals surface area contributed by atoms with Gasteiger partial charge in [-0.2, -0.15) is 0 Å². The number of rotatable bonds is 7. The van der Waals surface area contributed by atoms with E-state index in [1.807, 2.05) is 18.2 Å². The number of carbonyl (C=O) groups is 1. The van der Waals surface area contributed by atoms with Crippen LogP contribution in [0.1, 0.15) is 5.56 Å². The molecule has 0 aliphatic rings. The van der Waals surface area contributed by atoms with E-state index in [1.54, 1.807) is 18.1 Å². The Kier molecular flexibility index (Phi) is 6.72. The number of halogens is 1. The van der Waals surface area contributed by atoms with Crippen molar-refractivity contribution in [2.75, 3.05) is 33.4 Å². The second-order valence-electron chi connectivity index (χ2n) is 3.87. The van der Waals surface area contributed by atoms with Crippen molar-refractivity contribution >= 4 is 17.5 Å². The van der Waals surface area contributed by atoms with E-state index in [9.17, 15) is 4.79 Å². The number of carbonyl (C=O) groups excluding carboxylic acids is 1. The molecule has 18 heavy (non-hydrogen) atoms. The summed E-state index contributed by atoms with van der Waals surface area (Å²) in [5.74, 6) is -0.0609. The molecule has 0 atom stereocenters. The maximum absolute atomic E-state index is 12.1. The van der Waals surface area contributed by atoms with Gasteiger partial charge in [0.15, 0.2) is 0 Å². The minimum atomic E-state index is -0.0609. The monoisotopic (exact) mass is 271 g/mol. The second-order valence-corrected chi connectivity index (χ2v) is 4.27. The fourth-order valence-electron chi connectivity index (χ4n) is 1.60. The molecule has 0 radical (unpaired) electrons. The van der Waals surface area contributed by atoms with E-state index >= 15 is 0 Å². The highest BCUT2D eigenvalue weighted by Crippen LogP contribution is 2.16. The highest BCUT2D eigenvalue weighted by molar-refractivity contribution is 6.31. The third-order valence-electron chi connectivity index (χ3n) is 2.59. The van der Waals surface area contributed by atoms with Crippen LogP contribution in [0.2, 0.25) is 5.02 Å². The van der Waals surface area contributed by atoms with Gasteiger partial charge in [0, 0.05) is 25.2 Å². The highest BCUT2D eigenvalue weighted by Gasteiger charge is 2.14. The van der Waals surface area contributed by atoms with Gasteiger partial charge in [-0.25, -0.2) is 0 Å². The largest absolute Gasteiger partial charge is 0.395 e. The molecule has 0 saturated carbocycles. The highest BCUT2D eigenvalue weighted by atomic mass is 35.5. The Morgan fingerprint density at radius 2 is 2.11 bits per heavy atom. The van der Waals surface area contributed by atoms with Crippen LogP contribution >= 0.6 is 11.6 Å². The van der Waals surface area contributed by atoms with Crippen LogP contribution in [0.4, 0.5) is 0 Å². The molecule has 1 N–H and O–H groups in total. The molecule has 1 rings (SSSR count). The topological polar surface area (TPSA) is 49.8 Å². The third kappa shape index (κ3) is 4.64. The molecule has 1 amide bonds. The van der Waals surface area contributed by atoms with Gasteiger partial charge in [-0.1, -0.05) is 29.8 Å². The van der Waals surface area contributed by atoms with E-state index in [2.05, 4.69) is 0 Å². The number of methoxy groups -OCH3 is 1.